The van der Waals surface area contributed by atoms with Crippen molar-refractivity contribution in [3.63, 3.8) is 0 Å². The summed E-state index contributed by atoms with van der Waals surface area (Å²) < 4.78 is 5.78. The standard InChI is InChI=1S/C18H17NO2/c1-12(2)15-5-7-16(8-6-15)21-18-10-14(11-19)4-9-17(18)13(3)20/h4-10,12H,1-3H3. The second-order valence-corrected chi connectivity index (χ2v) is 5.20. The topological polar surface area (TPSA) is 50.1 Å². The van der Waals surface area contributed by atoms with Crippen molar-refractivity contribution in [3.8, 4) is 17.6 Å². The molecule has 0 saturated carbocycles. The van der Waals surface area contributed by atoms with Crippen molar-refractivity contribution in [3.05, 3.63) is 59.2 Å². The lowest BCUT2D eigenvalue weighted by Gasteiger charge is -2.11. The van der Waals surface area contributed by atoms with Gasteiger partial charge in [0.05, 0.1) is 17.2 Å². The van der Waals surface area contributed by atoms with Gasteiger partial charge in [0.2, 0.25) is 0 Å². The molecule has 0 aromatic heterocycles. The minimum absolute atomic E-state index is 0.0895. The fourth-order valence-electron chi connectivity index (χ4n) is 2.01. The molecule has 2 aromatic carbocycles. The molecule has 0 bridgehead atoms. The molecule has 0 atom stereocenters. The number of hydrogen-bond acceptors (Lipinski definition) is 3. The van der Waals surface area contributed by atoms with Crippen molar-refractivity contribution in [2.45, 2.75) is 26.7 Å². The van der Waals surface area contributed by atoms with Gasteiger partial charge in [-0.15, -0.1) is 0 Å². The van der Waals surface area contributed by atoms with Crippen LogP contribution in [0, 0.1) is 11.3 Å². The van der Waals surface area contributed by atoms with Crippen LogP contribution in [-0.4, -0.2) is 5.78 Å². The van der Waals surface area contributed by atoms with Crippen molar-refractivity contribution in [1.82, 2.24) is 0 Å². The summed E-state index contributed by atoms with van der Waals surface area (Å²) in [6.07, 6.45) is 0. The Morgan fingerprint density at radius 3 is 2.33 bits per heavy atom. The van der Waals surface area contributed by atoms with Gasteiger partial charge in [-0.25, -0.2) is 0 Å². The van der Waals surface area contributed by atoms with Crippen molar-refractivity contribution in [2.24, 2.45) is 0 Å². The minimum Gasteiger partial charge on any atom is -0.457 e. The summed E-state index contributed by atoms with van der Waals surface area (Å²) in [7, 11) is 0. The van der Waals surface area contributed by atoms with Crippen LogP contribution in [0.2, 0.25) is 0 Å². The Bertz CT molecular complexity index is 694. The van der Waals surface area contributed by atoms with Crippen molar-refractivity contribution in [2.75, 3.05) is 0 Å². The molecule has 0 heterocycles. The van der Waals surface area contributed by atoms with Crippen LogP contribution in [0.4, 0.5) is 0 Å². The largest absolute Gasteiger partial charge is 0.457 e. The smallest absolute Gasteiger partial charge is 0.163 e. The summed E-state index contributed by atoms with van der Waals surface area (Å²) in [4.78, 5) is 11.6. The van der Waals surface area contributed by atoms with Crippen LogP contribution in [-0.2, 0) is 0 Å². The van der Waals surface area contributed by atoms with E-state index in [0.717, 1.165) is 0 Å². The van der Waals surface area contributed by atoms with Gasteiger partial charge in [0.15, 0.2) is 5.78 Å². The zero-order valence-electron chi connectivity index (χ0n) is 12.4. The minimum atomic E-state index is -0.0895. The van der Waals surface area contributed by atoms with Crippen LogP contribution < -0.4 is 4.74 Å². The first-order chi connectivity index (χ1) is 10.0. The first-order valence-electron chi connectivity index (χ1n) is 6.84. The van der Waals surface area contributed by atoms with E-state index in [1.54, 1.807) is 18.2 Å². The number of carbonyl (C=O) groups excluding carboxylic acids is 1. The highest BCUT2D eigenvalue weighted by Gasteiger charge is 2.11. The molecule has 0 N–H and O–H groups in total. The zero-order valence-corrected chi connectivity index (χ0v) is 12.4. The number of Topliss-reactive ketones (excluding diaryl/α,β-unsaturated/α-hetero) is 1. The predicted molar refractivity (Wildman–Crippen MR) is 81.8 cm³/mol. The molecule has 0 spiro atoms. The normalized spacial score (nSPS) is 10.2. The number of carbonyl (C=O) groups is 1. The number of nitriles is 1. The summed E-state index contributed by atoms with van der Waals surface area (Å²) in [5.41, 5.74) is 2.16. The van der Waals surface area contributed by atoms with Gasteiger partial charge in [0.25, 0.3) is 0 Å². The van der Waals surface area contributed by atoms with E-state index < -0.39 is 0 Å². The summed E-state index contributed by atoms with van der Waals surface area (Å²) >= 11 is 0. The third-order valence-corrected chi connectivity index (χ3v) is 3.26. The number of ether oxygens (including phenoxy) is 1. The molecule has 2 rings (SSSR count). The lowest BCUT2D eigenvalue weighted by molar-refractivity contribution is 0.101. The lowest BCUT2D eigenvalue weighted by Crippen LogP contribution is -1.98. The van der Waals surface area contributed by atoms with Crippen LogP contribution in [0.15, 0.2) is 42.5 Å². The van der Waals surface area contributed by atoms with Crippen LogP contribution in [0.1, 0.15) is 48.2 Å². The predicted octanol–water partition coefficient (Wildman–Crippen LogP) is 4.68. The highest BCUT2D eigenvalue weighted by Crippen LogP contribution is 2.28. The number of ketones is 1. The molecule has 21 heavy (non-hydrogen) atoms. The monoisotopic (exact) mass is 279 g/mol. The van der Waals surface area contributed by atoms with Crippen molar-refractivity contribution < 1.29 is 9.53 Å². The van der Waals surface area contributed by atoms with E-state index >= 15 is 0 Å². The molecular weight excluding hydrogens is 262 g/mol. The Morgan fingerprint density at radius 1 is 1.14 bits per heavy atom. The van der Waals surface area contributed by atoms with E-state index in [4.69, 9.17) is 10.00 Å². The van der Waals surface area contributed by atoms with Crippen LogP contribution >= 0.6 is 0 Å². The van der Waals surface area contributed by atoms with E-state index in [9.17, 15) is 4.79 Å². The highest BCUT2D eigenvalue weighted by atomic mass is 16.5. The summed E-state index contributed by atoms with van der Waals surface area (Å²) in [5.74, 6) is 1.43. The molecule has 3 nitrogen and oxygen atoms in total. The fraction of sp³-hybridized carbons (Fsp3) is 0.222. The molecule has 0 aliphatic rings. The van der Waals surface area contributed by atoms with Gasteiger partial charge < -0.3 is 4.74 Å². The van der Waals surface area contributed by atoms with E-state index in [-0.39, 0.29) is 5.78 Å². The molecule has 0 aliphatic carbocycles. The molecule has 106 valence electrons. The molecule has 3 heteroatoms. The molecule has 0 amide bonds. The van der Waals surface area contributed by atoms with Crippen LogP contribution in [0.5, 0.6) is 11.5 Å². The molecule has 0 saturated heterocycles. The second-order valence-electron chi connectivity index (χ2n) is 5.20. The highest BCUT2D eigenvalue weighted by molar-refractivity contribution is 5.97. The number of hydrogen-bond donors (Lipinski definition) is 0. The SMILES string of the molecule is CC(=O)c1ccc(C#N)cc1Oc1ccc(C(C)C)cc1. The third-order valence-electron chi connectivity index (χ3n) is 3.26. The van der Waals surface area contributed by atoms with Crippen molar-refractivity contribution >= 4 is 5.78 Å². The van der Waals surface area contributed by atoms with E-state index in [1.807, 2.05) is 24.3 Å². The Balaban J connectivity index is 2.33. The van der Waals surface area contributed by atoms with Gasteiger partial charge in [-0.3, -0.25) is 4.79 Å². The average Bonchev–Trinajstić information content (AvgIpc) is 2.47. The maximum Gasteiger partial charge on any atom is 0.163 e. The molecule has 0 radical (unpaired) electrons. The molecule has 0 unspecified atom stereocenters. The van der Waals surface area contributed by atoms with Gasteiger partial charge in [-0.05, 0) is 48.7 Å². The van der Waals surface area contributed by atoms with E-state index in [1.165, 1.54) is 12.5 Å². The summed E-state index contributed by atoms with van der Waals surface area (Å²) in [5, 5.41) is 8.96. The van der Waals surface area contributed by atoms with Gasteiger partial charge in [0, 0.05) is 0 Å². The Labute approximate surface area is 124 Å². The maximum atomic E-state index is 11.6. The first-order valence-corrected chi connectivity index (χ1v) is 6.84. The van der Waals surface area contributed by atoms with Gasteiger partial charge >= 0.3 is 0 Å². The summed E-state index contributed by atoms with van der Waals surface area (Å²) in [6.45, 7) is 5.73. The van der Waals surface area contributed by atoms with Crippen LogP contribution in [0.25, 0.3) is 0 Å². The van der Waals surface area contributed by atoms with Gasteiger partial charge in [-0.1, -0.05) is 26.0 Å². The fourth-order valence-corrected chi connectivity index (χ4v) is 2.01. The van der Waals surface area contributed by atoms with Gasteiger partial charge in [-0.2, -0.15) is 5.26 Å². The Hall–Kier alpha value is -2.60. The zero-order chi connectivity index (χ0) is 15.4. The van der Waals surface area contributed by atoms with Crippen LogP contribution in [0.3, 0.4) is 0 Å². The quantitative estimate of drug-likeness (QED) is 0.764. The van der Waals surface area contributed by atoms with Crippen molar-refractivity contribution in [1.29, 1.82) is 5.26 Å². The Kier molecular flexibility index (Phi) is 4.39. The molecule has 0 aliphatic heterocycles. The first kappa shape index (κ1) is 14.8. The Morgan fingerprint density at radius 2 is 1.81 bits per heavy atom. The lowest BCUT2D eigenvalue weighted by atomic mass is 10.0. The second kappa shape index (κ2) is 6.23. The summed E-state index contributed by atoms with van der Waals surface area (Å²) in [6, 6.07) is 14.6. The molecule has 2 aromatic rings. The number of nitrogens with zero attached hydrogens (tertiary/aromatic N) is 1. The number of rotatable bonds is 4. The molecular formula is C18H17NO2. The number of benzene rings is 2. The van der Waals surface area contributed by atoms with E-state index in [0.29, 0.717) is 28.5 Å². The van der Waals surface area contributed by atoms with Gasteiger partial charge in [0.1, 0.15) is 11.5 Å². The molecule has 0 fully saturated rings. The maximum absolute atomic E-state index is 11.6. The third kappa shape index (κ3) is 3.49. The average molecular weight is 279 g/mol. The van der Waals surface area contributed by atoms with E-state index in [2.05, 4.69) is 19.9 Å².